The Kier molecular flexibility index (Phi) is 5.89. The smallest absolute Gasteiger partial charge is 0.326 e. The molecule has 2 saturated heterocycles. The summed E-state index contributed by atoms with van der Waals surface area (Å²) in [5, 5.41) is 12.3. The van der Waals surface area contributed by atoms with Crippen LogP contribution in [0.15, 0.2) is 0 Å². The van der Waals surface area contributed by atoms with Crippen LogP contribution in [0, 0.1) is 5.92 Å². The van der Waals surface area contributed by atoms with E-state index in [0.717, 1.165) is 0 Å². The number of hydrogen-bond donors (Lipinski definition) is 2. The molecule has 1 unspecified atom stereocenters. The molecule has 2 rings (SSSR count). The first kappa shape index (κ1) is 18.3. The average Bonchev–Trinajstić information content (AvgIpc) is 2.87. The van der Waals surface area contributed by atoms with Gasteiger partial charge in [-0.2, -0.15) is 0 Å². The number of urea groups is 1. The second-order valence-electron chi connectivity index (χ2n) is 6.17. The molecule has 0 aromatic rings. The number of carbonyl (C=O) groups excluding carboxylic acids is 4. The third-order valence-electron chi connectivity index (χ3n) is 4.05. The highest BCUT2D eigenvalue weighted by molar-refractivity contribution is 5.97. The fourth-order valence-corrected chi connectivity index (χ4v) is 2.59. The average molecular weight is 342 g/mol. The number of esters is 1. The Bertz CT molecular complexity index is 536. The van der Waals surface area contributed by atoms with Gasteiger partial charge >= 0.3 is 12.0 Å². The summed E-state index contributed by atoms with van der Waals surface area (Å²) >= 11 is 0. The summed E-state index contributed by atoms with van der Waals surface area (Å²) < 4.78 is 10.6. The van der Waals surface area contributed by atoms with Crippen LogP contribution in [0.1, 0.15) is 33.1 Å². The molecular weight excluding hydrogens is 320 g/mol. The molecule has 4 atom stereocenters. The monoisotopic (exact) mass is 342 g/mol. The van der Waals surface area contributed by atoms with E-state index in [1.807, 2.05) is 0 Å². The fraction of sp³-hybridized carbons (Fsp3) is 0.733. The molecule has 9 nitrogen and oxygen atoms in total. The van der Waals surface area contributed by atoms with E-state index in [0.29, 0.717) is 0 Å². The number of aliphatic hydroxyl groups excluding tert-OH is 1. The Hall–Kier alpha value is -2.00. The zero-order valence-corrected chi connectivity index (χ0v) is 13.7. The number of aliphatic hydroxyl groups is 1. The quantitative estimate of drug-likeness (QED) is 0.628. The first-order valence-corrected chi connectivity index (χ1v) is 7.88. The summed E-state index contributed by atoms with van der Waals surface area (Å²) in [6, 6.07) is -0.561. The van der Waals surface area contributed by atoms with Gasteiger partial charge < -0.3 is 19.4 Å². The lowest BCUT2D eigenvalue weighted by Crippen LogP contribution is -2.57. The van der Waals surface area contributed by atoms with Crippen LogP contribution in [0.25, 0.3) is 0 Å². The van der Waals surface area contributed by atoms with E-state index in [2.05, 4.69) is 5.32 Å². The molecule has 3 amide bonds. The Morgan fingerprint density at radius 2 is 2.08 bits per heavy atom. The maximum atomic E-state index is 11.9. The van der Waals surface area contributed by atoms with E-state index in [1.165, 1.54) is 11.8 Å². The van der Waals surface area contributed by atoms with Gasteiger partial charge in [0.15, 0.2) is 0 Å². The summed E-state index contributed by atoms with van der Waals surface area (Å²) in [6.45, 7) is 3.12. The van der Waals surface area contributed by atoms with Gasteiger partial charge in [0, 0.05) is 19.4 Å². The molecule has 0 bridgehead atoms. The first-order chi connectivity index (χ1) is 11.3. The van der Waals surface area contributed by atoms with Crippen molar-refractivity contribution < 1.29 is 33.8 Å². The van der Waals surface area contributed by atoms with Crippen molar-refractivity contribution >= 4 is 23.7 Å². The van der Waals surface area contributed by atoms with Gasteiger partial charge in [-0.1, -0.05) is 6.92 Å². The number of Topliss-reactive ketones (excluding diaryl/α,β-unsaturated/α-hetero) is 1. The number of amides is 3. The summed E-state index contributed by atoms with van der Waals surface area (Å²) in [6.07, 6.45) is -2.07. The fourth-order valence-electron chi connectivity index (χ4n) is 2.59. The molecule has 0 aromatic carbocycles. The minimum atomic E-state index is -0.892. The minimum absolute atomic E-state index is 0.0181. The third-order valence-corrected chi connectivity index (χ3v) is 4.05. The number of ketones is 1. The van der Waals surface area contributed by atoms with Crippen LogP contribution >= 0.6 is 0 Å². The van der Waals surface area contributed by atoms with Gasteiger partial charge in [-0.05, 0) is 6.92 Å². The van der Waals surface area contributed by atoms with E-state index in [4.69, 9.17) is 9.47 Å². The van der Waals surface area contributed by atoms with Gasteiger partial charge in [0.2, 0.25) is 5.91 Å². The van der Waals surface area contributed by atoms with Crippen molar-refractivity contribution in [2.24, 2.45) is 5.92 Å². The number of nitrogens with one attached hydrogen (secondary N) is 1. The van der Waals surface area contributed by atoms with Crippen molar-refractivity contribution in [2.45, 2.75) is 51.5 Å². The van der Waals surface area contributed by atoms with Crippen LogP contribution < -0.4 is 5.32 Å². The van der Waals surface area contributed by atoms with Crippen molar-refractivity contribution in [2.75, 3.05) is 13.2 Å². The van der Waals surface area contributed by atoms with Gasteiger partial charge in [-0.3, -0.25) is 19.8 Å². The number of carbonyl (C=O) groups is 4. The molecule has 2 fully saturated rings. The predicted octanol–water partition coefficient (Wildman–Crippen LogP) is -0.437. The summed E-state index contributed by atoms with van der Waals surface area (Å²) in [4.78, 5) is 47.0. The molecule has 2 aliphatic heterocycles. The van der Waals surface area contributed by atoms with Crippen LogP contribution in [0.3, 0.4) is 0 Å². The zero-order valence-electron chi connectivity index (χ0n) is 13.7. The number of rotatable bonds is 6. The molecule has 24 heavy (non-hydrogen) atoms. The predicted molar refractivity (Wildman–Crippen MR) is 79.6 cm³/mol. The molecule has 2 aliphatic rings. The van der Waals surface area contributed by atoms with Crippen LogP contribution in [-0.2, 0) is 23.9 Å². The van der Waals surface area contributed by atoms with Gasteiger partial charge in [-0.25, -0.2) is 4.79 Å². The standard InChI is InChI=1S/C15H22N2O7/c1-8-6-17(15(22)16-14(8)21)12-5-10(19)11(24-12)7-23-13(20)4-3-9(2)18/h8,10-12,19H,3-7H2,1-2H3,(H,16,21,22)/t8?,10-,11+,12+/m0/s1. The Labute approximate surface area is 139 Å². The minimum Gasteiger partial charge on any atom is -0.463 e. The number of hydrogen-bond acceptors (Lipinski definition) is 7. The second kappa shape index (κ2) is 7.71. The highest BCUT2D eigenvalue weighted by atomic mass is 16.6. The van der Waals surface area contributed by atoms with E-state index in [-0.39, 0.29) is 50.0 Å². The van der Waals surface area contributed by atoms with Gasteiger partial charge in [0.25, 0.3) is 0 Å². The third kappa shape index (κ3) is 4.51. The lowest BCUT2D eigenvalue weighted by Gasteiger charge is -2.34. The van der Waals surface area contributed by atoms with Gasteiger partial charge in [0.05, 0.1) is 18.4 Å². The molecular formula is C15H22N2O7. The van der Waals surface area contributed by atoms with E-state index in [9.17, 15) is 24.3 Å². The van der Waals surface area contributed by atoms with E-state index < -0.39 is 30.4 Å². The highest BCUT2D eigenvalue weighted by Gasteiger charge is 2.42. The lowest BCUT2D eigenvalue weighted by molar-refractivity contribution is -0.152. The van der Waals surface area contributed by atoms with Crippen molar-refractivity contribution in [3.8, 4) is 0 Å². The lowest BCUT2D eigenvalue weighted by atomic mass is 10.1. The molecule has 0 aliphatic carbocycles. The SMILES string of the molecule is CC(=O)CCC(=O)OC[C@H]1O[C@@H](N2CC(C)C(=O)NC2=O)C[C@@H]1O. The molecule has 2 N–H and O–H groups in total. The molecule has 9 heteroatoms. The van der Waals surface area contributed by atoms with E-state index >= 15 is 0 Å². The van der Waals surface area contributed by atoms with Crippen molar-refractivity contribution in [1.82, 2.24) is 10.2 Å². The van der Waals surface area contributed by atoms with Crippen molar-refractivity contribution in [3.63, 3.8) is 0 Å². The largest absolute Gasteiger partial charge is 0.463 e. The van der Waals surface area contributed by atoms with Crippen LogP contribution in [0.4, 0.5) is 4.79 Å². The normalized spacial score (nSPS) is 30.2. The second-order valence-corrected chi connectivity index (χ2v) is 6.17. The zero-order chi connectivity index (χ0) is 17.9. The molecule has 2 heterocycles. The maximum absolute atomic E-state index is 11.9. The van der Waals surface area contributed by atoms with Crippen molar-refractivity contribution in [3.05, 3.63) is 0 Å². The summed E-state index contributed by atoms with van der Waals surface area (Å²) in [7, 11) is 0. The van der Waals surface area contributed by atoms with Crippen LogP contribution in [0.5, 0.6) is 0 Å². The Balaban J connectivity index is 1.83. The van der Waals surface area contributed by atoms with Gasteiger partial charge in [-0.15, -0.1) is 0 Å². The Morgan fingerprint density at radius 1 is 1.38 bits per heavy atom. The van der Waals surface area contributed by atoms with Crippen molar-refractivity contribution in [1.29, 1.82) is 0 Å². The summed E-state index contributed by atoms with van der Waals surface area (Å²) in [5.74, 6) is -1.36. The molecule has 0 saturated carbocycles. The molecule has 134 valence electrons. The number of nitrogens with zero attached hydrogens (tertiary/aromatic N) is 1. The summed E-state index contributed by atoms with van der Waals surface area (Å²) in [5.41, 5.74) is 0. The highest BCUT2D eigenvalue weighted by Crippen LogP contribution is 2.26. The topological polar surface area (TPSA) is 122 Å². The Morgan fingerprint density at radius 3 is 2.75 bits per heavy atom. The number of imide groups is 1. The molecule has 0 radical (unpaired) electrons. The van der Waals surface area contributed by atoms with Gasteiger partial charge in [0.1, 0.15) is 24.7 Å². The van der Waals surface area contributed by atoms with Crippen LogP contribution in [0.2, 0.25) is 0 Å². The number of ether oxygens (including phenoxy) is 2. The molecule has 0 aromatic heterocycles. The van der Waals surface area contributed by atoms with E-state index in [1.54, 1.807) is 6.92 Å². The first-order valence-electron chi connectivity index (χ1n) is 7.88. The maximum Gasteiger partial charge on any atom is 0.326 e. The molecule has 0 spiro atoms. The van der Waals surface area contributed by atoms with Crippen LogP contribution in [-0.4, -0.2) is 65.3 Å².